The number of nitrogens with zero attached hydrogens (tertiary/aromatic N) is 1. The molecule has 1 fully saturated rings. The quantitative estimate of drug-likeness (QED) is 0.544. The van der Waals surface area contributed by atoms with Gasteiger partial charge < -0.3 is 20.3 Å². The van der Waals surface area contributed by atoms with E-state index in [9.17, 15) is 14.4 Å². The van der Waals surface area contributed by atoms with E-state index in [0.29, 0.717) is 35.6 Å². The molecule has 0 saturated carbocycles. The molecule has 2 aromatic carbocycles. The number of fused-ring (bicyclic) bond motifs is 1. The third kappa shape index (κ3) is 5.83. The average molecular weight is 540 g/mol. The van der Waals surface area contributed by atoms with Crippen molar-refractivity contribution in [1.82, 2.24) is 15.5 Å². The van der Waals surface area contributed by atoms with Crippen molar-refractivity contribution in [3.63, 3.8) is 0 Å². The Labute approximate surface area is 230 Å². The van der Waals surface area contributed by atoms with E-state index < -0.39 is 23.7 Å². The van der Waals surface area contributed by atoms with Gasteiger partial charge >= 0.3 is 0 Å². The number of carbonyl (C=O) groups excluding carboxylic acids is 3. The van der Waals surface area contributed by atoms with Gasteiger partial charge in [0, 0.05) is 5.54 Å². The van der Waals surface area contributed by atoms with Crippen molar-refractivity contribution in [3.8, 4) is 5.75 Å². The van der Waals surface area contributed by atoms with Crippen LogP contribution in [0.4, 0.5) is 0 Å². The number of hydrogen-bond acceptors (Lipinski definition) is 4. The highest BCUT2D eigenvalue weighted by Crippen LogP contribution is 2.37. The molecule has 2 aliphatic rings. The van der Waals surface area contributed by atoms with Gasteiger partial charge in [-0.2, -0.15) is 0 Å². The molecule has 7 nitrogen and oxygen atoms in total. The Morgan fingerprint density at radius 3 is 2.29 bits per heavy atom. The molecular weight excluding hydrogens is 502 g/mol. The summed E-state index contributed by atoms with van der Waals surface area (Å²) in [6, 6.07) is 10.7. The largest absolute Gasteiger partial charge is 0.495 e. The van der Waals surface area contributed by atoms with Gasteiger partial charge in [0.2, 0.25) is 17.7 Å². The van der Waals surface area contributed by atoms with Crippen molar-refractivity contribution in [1.29, 1.82) is 0 Å². The third-order valence-electron chi connectivity index (χ3n) is 7.22. The second-order valence-electron chi connectivity index (χ2n) is 11.8. The van der Waals surface area contributed by atoms with Crippen LogP contribution in [0.2, 0.25) is 5.02 Å². The first kappa shape index (κ1) is 28.0. The summed E-state index contributed by atoms with van der Waals surface area (Å²) in [5.74, 6) is -0.324. The fourth-order valence-electron chi connectivity index (χ4n) is 5.60. The van der Waals surface area contributed by atoms with Crippen LogP contribution in [0.15, 0.2) is 42.5 Å². The molecule has 38 heavy (non-hydrogen) atoms. The Kier molecular flexibility index (Phi) is 8.07. The Bertz CT molecular complexity index is 1200. The van der Waals surface area contributed by atoms with Gasteiger partial charge in [0.05, 0.1) is 12.1 Å². The van der Waals surface area contributed by atoms with Gasteiger partial charge in [0.15, 0.2) is 0 Å². The van der Waals surface area contributed by atoms with Gasteiger partial charge in [-0.05, 0) is 80.7 Å². The van der Waals surface area contributed by atoms with Crippen molar-refractivity contribution in [2.75, 3.05) is 7.11 Å². The zero-order valence-corrected chi connectivity index (χ0v) is 23.8. The molecule has 1 heterocycles. The number of methoxy groups -OCH3 is 1. The Balaban J connectivity index is 1.79. The highest BCUT2D eigenvalue weighted by Gasteiger charge is 2.49. The van der Waals surface area contributed by atoms with Gasteiger partial charge in [-0.15, -0.1) is 0 Å². The van der Waals surface area contributed by atoms with E-state index in [1.807, 2.05) is 46.8 Å². The number of hydrogen-bond donors (Lipinski definition) is 2. The Morgan fingerprint density at radius 1 is 1.13 bits per heavy atom. The van der Waals surface area contributed by atoms with Crippen LogP contribution in [0.1, 0.15) is 63.8 Å². The SMILES string of the molecule is COc1ccc([C@H](C(=O)NC(C)(C)C)N2C(=O)C(C3Cc4ccccc4C3)NC(=O)[C@H]2CC(C)C)cc1Cl. The second kappa shape index (κ2) is 11.0. The summed E-state index contributed by atoms with van der Waals surface area (Å²) in [5.41, 5.74) is 2.37. The molecule has 204 valence electrons. The molecule has 0 aromatic heterocycles. The first-order valence-electron chi connectivity index (χ1n) is 13.2. The van der Waals surface area contributed by atoms with Crippen LogP contribution in [-0.2, 0) is 27.2 Å². The molecule has 1 aliphatic carbocycles. The molecular formula is C30H38ClN3O4. The third-order valence-corrected chi connectivity index (χ3v) is 7.52. The van der Waals surface area contributed by atoms with Crippen LogP contribution in [0.5, 0.6) is 5.75 Å². The number of ether oxygens (including phenoxy) is 1. The molecule has 1 saturated heterocycles. The van der Waals surface area contributed by atoms with E-state index in [1.165, 1.54) is 23.1 Å². The minimum atomic E-state index is -1.04. The van der Waals surface area contributed by atoms with E-state index >= 15 is 0 Å². The number of benzene rings is 2. The topological polar surface area (TPSA) is 87.7 Å². The molecule has 3 atom stereocenters. The normalized spacial score (nSPS) is 20.8. The standard InChI is InChI=1S/C30H38ClN3O4/c1-17(2)13-23-27(35)32-25(21-14-18-9-7-8-10-19(18)15-21)29(37)34(23)26(28(36)33-30(3,4)5)20-11-12-24(38-6)22(31)16-20/h7-12,16-17,21,23,25-26H,13-15H2,1-6H3,(H,32,35)(H,33,36)/t23-,25?,26-/m1/s1. The molecule has 1 unspecified atom stereocenters. The minimum absolute atomic E-state index is 0.0860. The maximum Gasteiger partial charge on any atom is 0.247 e. The summed E-state index contributed by atoms with van der Waals surface area (Å²) in [7, 11) is 1.52. The number of rotatable bonds is 7. The summed E-state index contributed by atoms with van der Waals surface area (Å²) in [6.45, 7) is 9.67. The van der Waals surface area contributed by atoms with E-state index in [4.69, 9.17) is 16.3 Å². The van der Waals surface area contributed by atoms with Gasteiger partial charge in [-0.1, -0.05) is 55.8 Å². The van der Waals surface area contributed by atoms with Crippen LogP contribution in [-0.4, -0.2) is 47.4 Å². The van der Waals surface area contributed by atoms with E-state index in [-0.39, 0.29) is 29.6 Å². The van der Waals surface area contributed by atoms with Gasteiger partial charge in [0.25, 0.3) is 0 Å². The van der Waals surface area contributed by atoms with Gasteiger partial charge in [-0.3, -0.25) is 14.4 Å². The van der Waals surface area contributed by atoms with Crippen molar-refractivity contribution in [2.45, 2.75) is 77.5 Å². The zero-order chi connectivity index (χ0) is 27.8. The molecule has 8 heteroatoms. The minimum Gasteiger partial charge on any atom is -0.495 e. The van der Waals surface area contributed by atoms with Crippen LogP contribution in [0, 0.1) is 11.8 Å². The second-order valence-corrected chi connectivity index (χ2v) is 12.3. The number of nitrogens with one attached hydrogen (secondary N) is 2. The number of piperazine rings is 1. The lowest BCUT2D eigenvalue weighted by Gasteiger charge is -2.45. The van der Waals surface area contributed by atoms with Crippen LogP contribution >= 0.6 is 11.6 Å². The number of carbonyl (C=O) groups is 3. The maximum absolute atomic E-state index is 14.4. The summed E-state index contributed by atoms with van der Waals surface area (Å²) < 4.78 is 5.32. The van der Waals surface area contributed by atoms with E-state index in [0.717, 1.165) is 0 Å². The molecule has 0 bridgehead atoms. The van der Waals surface area contributed by atoms with Crippen LogP contribution in [0.25, 0.3) is 0 Å². The van der Waals surface area contributed by atoms with E-state index in [1.54, 1.807) is 18.2 Å². The lowest BCUT2D eigenvalue weighted by atomic mass is 9.87. The first-order valence-corrected chi connectivity index (χ1v) is 13.6. The summed E-state index contributed by atoms with van der Waals surface area (Å²) in [5, 5.41) is 6.40. The van der Waals surface area contributed by atoms with Crippen molar-refractivity contribution in [3.05, 3.63) is 64.2 Å². The summed E-state index contributed by atoms with van der Waals surface area (Å²) in [4.78, 5) is 43.4. The van der Waals surface area contributed by atoms with Crippen molar-refractivity contribution >= 4 is 29.3 Å². The smallest absolute Gasteiger partial charge is 0.247 e. The molecule has 0 spiro atoms. The van der Waals surface area contributed by atoms with Crippen molar-refractivity contribution < 1.29 is 19.1 Å². The first-order chi connectivity index (χ1) is 17.9. The zero-order valence-electron chi connectivity index (χ0n) is 23.0. The maximum atomic E-state index is 14.4. The number of amides is 3. The predicted molar refractivity (Wildman–Crippen MR) is 148 cm³/mol. The Hall–Kier alpha value is -3.06. The van der Waals surface area contributed by atoms with Crippen LogP contribution in [0.3, 0.4) is 0 Å². The monoisotopic (exact) mass is 539 g/mol. The predicted octanol–water partition coefficient (Wildman–Crippen LogP) is 4.46. The van der Waals surface area contributed by atoms with Crippen molar-refractivity contribution in [2.24, 2.45) is 11.8 Å². The van der Waals surface area contributed by atoms with Gasteiger partial charge in [-0.25, -0.2) is 0 Å². The molecule has 3 amide bonds. The average Bonchev–Trinajstić information content (AvgIpc) is 3.26. The molecule has 2 N–H and O–H groups in total. The fraction of sp³-hybridized carbons (Fsp3) is 0.500. The molecule has 0 radical (unpaired) electrons. The Morgan fingerprint density at radius 2 is 1.76 bits per heavy atom. The molecule has 2 aromatic rings. The number of halogens is 1. The van der Waals surface area contributed by atoms with E-state index in [2.05, 4.69) is 22.8 Å². The highest BCUT2D eigenvalue weighted by atomic mass is 35.5. The summed E-state index contributed by atoms with van der Waals surface area (Å²) >= 11 is 6.48. The van der Waals surface area contributed by atoms with Crippen LogP contribution < -0.4 is 15.4 Å². The molecule has 1 aliphatic heterocycles. The molecule has 4 rings (SSSR count). The highest BCUT2D eigenvalue weighted by molar-refractivity contribution is 6.32. The summed E-state index contributed by atoms with van der Waals surface area (Å²) in [6.07, 6.45) is 1.82. The lowest BCUT2D eigenvalue weighted by molar-refractivity contribution is -0.158. The van der Waals surface area contributed by atoms with Gasteiger partial charge in [0.1, 0.15) is 23.9 Å². The lowest BCUT2D eigenvalue weighted by Crippen LogP contribution is -2.67. The fourth-order valence-corrected chi connectivity index (χ4v) is 5.87.